The molecule has 0 saturated heterocycles. The van der Waals surface area contributed by atoms with Gasteiger partial charge in [-0.15, -0.1) is 0 Å². The van der Waals surface area contributed by atoms with Crippen LogP contribution in [0.4, 0.5) is 17.3 Å². The summed E-state index contributed by atoms with van der Waals surface area (Å²) < 4.78 is 4.55. The fraction of sp³-hybridized carbons (Fsp3) is 0.286. The normalized spacial score (nSPS) is 9.71. The van der Waals surface area contributed by atoms with E-state index in [0.717, 1.165) is 6.33 Å². The first-order chi connectivity index (χ1) is 8.06. The van der Waals surface area contributed by atoms with Crippen molar-refractivity contribution in [2.45, 2.75) is 0 Å². The van der Waals surface area contributed by atoms with E-state index in [-0.39, 0.29) is 18.2 Å². The molecule has 1 heterocycles. The second kappa shape index (κ2) is 5.55. The number of hydrogen-bond donors (Lipinski definition) is 3. The Bertz CT molecular complexity index is 436. The van der Waals surface area contributed by atoms with Gasteiger partial charge in [-0.25, -0.2) is 9.97 Å². The molecule has 0 radical (unpaired) electrons. The zero-order chi connectivity index (χ0) is 12.8. The molecule has 0 bridgehead atoms. The first kappa shape index (κ1) is 12.6. The number of hydrogen-bond acceptors (Lipinski definition) is 8. The summed E-state index contributed by atoms with van der Waals surface area (Å²) in [7, 11) is 1.34. The number of nitrogens with one attached hydrogen (secondary N) is 2. The van der Waals surface area contributed by atoms with Gasteiger partial charge in [0.05, 0.1) is 4.92 Å². The van der Waals surface area contributed by atoms with Crippen LogP contribution in [0.25, 0.3) is 0 Å². The molecule has 10 heteroatoms. The fourth-order valence-electron chi connectivity index (χ4n) is 0.960. The quantitative estimate of drug-likeness (QED) is 0.442. The summed E-state index contributed by atoms with van der Waals surface area (Å²) in [6, 6.07) is 0. The van der Waals surface area contributed by atoms with Gasteiger partial charge in [-0.3, -0.25) is 25.8 Å². The van der Waals surface area contributed by atoms with Gasteiger partial charge in [0.25, 0.3) is 5.91 Å². The number of nitrogens with two attached hydrogens (primary N) is 1. The molecule has 0 aromatic carbocycles. The van der Waals surface area contributed by atoms with Crippen LogP contribution in [0.3, 0.4) is 0 Å². The van der Waals surface area contributed by atoms with Crippen molar-refractivity contribution in [3.63, 3.8) is 0 Å². The lowest BCUT2D eigenvalue weighted by atomic mass is 10.4. The first-order valence-corrected chi connectivity index (χ1v) is 4.35. The number of amides is 1. The predicted octanol–water partition coefficient (Wildman–Crippen LogP) is -0.943. The molecule has 0 saturated carbocycles. The van der Waals surface area contributed by atoms with Crippen LogP contribution in [0.15, 0.2) is 6.33 Å². The third-order valence-corrected chi connectivity index (χ3v) is 1.63. The molecule has 0 aliphatic rings. The highest BCUT2D eigenvalue weighted by molar-refractivity contribution is 5.79. The molecule has 4 N–H and O–H groups in total. The van der Waals surface area contributed by atoms with E-state index in [1.807, 2.05) is 0 Å². The monoisotopic (exact) mass is 242 g/mol. The van der Waals surface area contributed by atoms with E-state index < -0.39 is 16.5 Å². The van der Waals surface area contributed by atoms with Crippen molar-refractivity contribution in [2.75, 3.05) is 24.9 Å². The van der Waals surface area contributed by atoms with Crippen LogP contribution in [-0.2, 0) is 9.53 Å². The topological polar surface area (TPSA) is 145 Å². The summed E-state index contributed by atoms with van der Waals surface area (Å²) in [4.78, 5) is 28.0. The van der Waals surface area contributed by atoms with Crippen molar-refractivity contribution < 1.29 is 14.5 Å². The van der Waals surface area contributed by atoms with Crippen molar-refractivity contribution in [2.24, 2.45) is 0 Å². The van der Waals surface area contributed by atoms with Gasteiger partial charge >= 0.3 is 5.69 Å². The highest BCUT2D eigenvalue weighted by Crippen LogP contribution is 2.25. The number of ether oxygens (including phenoxy) is 1. The molecule has 17 heavy (non-hydrogen) atoms. The van der Waals surface area contributed by atoms with Crippen molar-refractivity contribution in [1.29, 1.82) is 0 Å². The zero-order valence-corrected chi connectivity index (χ0v) is 8.84. The van der Waals surface area contributed by atoms with Gasteiger partial charge in [0.1, 0.15) is 12.9 Å². The van der Waals surface area contributed by atoms with Crippen LogP contribution >= 0.6 is 0 Å². The number of rotatable bonds is 5. The molecular formula is C7H10N6O4. The van der Waals surface area contributed by atoms with E-state index >= 15 is 0 Å². The SMILES string of the molecule is COCC(=O)NNc1ncnc(N)c1[N+](=O)[O-]. The Balaban J connectivity index is 2.81. The molecule has 92 valence electrons. The molecule has 10 nitrogen and oxygen atoms in total. The Hall–Kier alpha value is -2.49. The number of hydrazine groups is 1. The van der Waals surface area contributed by atoms with Gasteiger partial charge in [0.2, 0.25) is 11.6 Å². The van der Waals surface area contributed by atoms with E-state index in [4.69, 9.17) is 5.73 Å². The van der Waals surface area contributed by atoms with Crippen LogP contribution < -0.4 is 16.6 Å². The van der Waals surface area contributed by atoms with Gasteiger partial charge in [-0.05, 0) is 0 Å². The minimum absolute atomic E-state index is 0.193. The molecule has 1 aromatic rings. The lowest BCUT2D eigenvalue weighted by molar-refractivity contribution is -0.383. The highest BCUT2D eigenvalue weighted by Gasteiger charge is 2.20. The van der Waals surface area contributed by atoms with E-state index in [1.165, 1.54) is 7.11 Å². The number of nitrogen functional groups attached to an aromatic ring is 1. The summed E-state index contributed by atoms with van der Waals surface area (Å²) in [6.45, 7) is -0.193. The van der Waals surface area contributed by atoms with Crippen LogP contribution in [-0.4, -0.2) is 34.5 Å². The molecule has 0 aliphatic heterocycles. The number of nitro groups is 1. The summed E-state index contributed by atoms with van der Waals surface area (Å²) in [5.74, 6) is -1.01. The maximum absolute atomic E-state index is 11.0. The van der Waals surface area contributed by atoms with Gasteiger partial charge in [0.15, 0.2) is 0 Å². The zero-order valence-electron chi connectivity index (χ0n) is 8.84. The number of methoxy groups -OCH3 is 1. The number of nitrogens with zero attached hydrogens (tertiary/aromatic N) is 3. The predicted molar refractivity (Wildman–Crippen MR) is 56.7 cm³/mol. The Kier molecular flexibility index (Phi) is 4.11. The van der Waals surface area contributed by atoms with Gasteiger partial charge in [-0.1, -0.05) is 0 Å². The molecule has 0 atom stereocenters. The molecule has 0 fully saturated rings. The van der Waals surface area contributed by atoms with E-state index in [1.54, 1.807) is 0 Å². The van der Waals surface area contributed by atoms with Crippen molar-refractivity contribution in [3.05, 3.63) is 16.4 Å². The third kappa shape index (κ3) is 3.24. The van der Waals surface area contributed by atoms with Gasteiger partial charge in [0, 0.05) is 7.11 Å². The molecule has 0 aliphatic carbocycles. The van der Waals surface area contributed by atoms with Crippen LogP contribution in [0.2, 0.25) is 0 Å². The largest absolute Gasteiger partial charge is 0.378 e. The van der Waals surface area contributed by atoms with Crippen molar-refractivity contribution in [1.82, 2.24) is 15.4 Å². The summed E-state index contributed by atoms with van der Waals surface area (Å²) in [5, 5.41) is 10.7. The first-order valence-electron chi connectivity index (χ1n) is 4.35. The number of anilines is 2. The van der Waals surface area contributed by atoms with Crippen molar-refractivity contribution >= 4 is 23.2 Å². The number of carbonyl (C=O) groups excluding carboxylic acids is 1. The van der Waals surface area contributed by atoms with E-state index in [2.05, 4.69) is 25.6 Å². The Morgan fingerprint density at radius 3 is 2.94 bits per heavy atom. The second-order valence-electron chi connectivity index (χ2n) is 2.82. The average Bonchev–Trinajstić information content (AvgIpc) is 2.26. The third-order valence-electron chi connectivity index (χ3n) is 1.63. The van der Waals surface area contributed by atoms with E-state index in [0.29, 0.717) is 0 Å². The molecule has 1 aromatic heterocycles. The summed E-state index contributed by atoms with van der Waals surface area (Å²) in [5.41, 5.74) is 9.23. The molecule has 1 rings (SSSR count). The van der Waals surface area contributed by atoms with Crippen LogP contribution in [0.5, 0.6) is 0 Å². The molecule has 0 unspecified atom stereocenters. The summed E-state index contributed by atoms with van der Waals surface area (Å²) in [6.07, 6.45) is 1.03. The minimum Gasteiger partial charge on any atom is -0.378 e. The van der Waals surface area contributed by atoms with Gasteiger partial charge in [-0.2, -0.15) is 0 Å². The number of carbonyl (C=O) groups is 1. The lowest BCUT2D eigenvalue weighted by Crippen LogP contribution is -2.33. The highest BCUT2D eigenvalue weighted by atomic mass is 16.6. The Labute approximate surface area is 95.3 Å². The maximum atomic E-state index is 11.0. The van der Waals surface area contributed by atoms with E-state index in [9.17, 15) is 14.9 Å². The smallest absolute Gasteiger partial charge is 0.354 e. The molecule has 1 amide bonds. The van der Waals surface area contributed by atoms with Crippen molar-refractivity contribution in [3.8, 4) is 0 Å². The molecule has 0 spiro atoms. The fourth-order valence-corrected chi connectivity index (χ4v) is 0.960. The Morgan fingerprint density at radius 1 is 1.65 bits per heavy atom. The summed E-state index contributed by atoms with van der Waals surface area (Å²) >= 11 is 0. The standard InChI is InChI=1S/C7H10N6O4/c1-17-2-4(14)11-12-7-5(13(15)16)6(8)9-3-10-7/h3H,2H2,1H3,(H,11,14)(H3,8,9,10,12). The van der Waals surface area contributed by atoms with Gasteiger partial charge < -0.3 is 10.5 Å². The minimum atomic E-state index is -0.750. The maximum Gasteiger partial charge on any atom is 0.354 e. The Morgan fingerprint density at radius 2 is 2.35 bits per heavy atom. The average molecular weight is 242 g/mol. The number of aromatic nitrogens is 2. The van der Waals surface area contributed by atoms with Crippen LogP contribution in [0.1, 0.15) is 0 Å². The lowest BCUT2D eigenvalue weighted by Gasteiger charge is -2.07. The van der Waals surface area contributed by atoms with Crippen LogP contribution in [0, 0.1) is 10.1 Å². The molecular weight excluding hydrogens is 232 g/mol. The second-order valence-corrected chi connectivity index (χ2v) is 2.82.